The van der Waals surface area contributed by atoms with Gasteiger partial charge in [0.05, 0.1) is 24.9 Å². The van der Waals surface area contributed by atoms with E-state index >= 15 is 0 Å². The van der Waals surface area contributed by atoms with Gasteiger partial charge in [-0.2, -0.15) is 5.10 Å². The van der Waals surface area contributed by atoms with Crippen molar-refractivity contribution in [3.8, 4) is 0 Å². The summed E-state index contributed by atoms with van der Waals surface area (Å²) in [4.78, 5) is 40.1. The highest BCUT2D eigenvalue weighted by molar-refractivity contribution is 5.99. The number of carbonyl (C=O) groups is 3. The molecule has 4 N–H and O–H groups in total. The normalized spacial score (nSPS) is 31.1. The maximum Gasteiger partial charge on any atom is 0.256 e. The van der Waals surface area contributed by atoms with Gasteiger partial charge in [-0.05, 0) is 69.8 Å². The number of amides is 3. The molecule has 3 amide bonds. The molecule has 1 saturated heterocycles. The van der Waals surface area contributed by atoms with Crippen molar-refractivity contribution in [3.63, 3.8) is 0 Å². The molecule has 2 heterocycles. The molecule has 5 fully saturated rings. The van der Waals surface area contributed by atoms with Crippen molar-refractivity contribution < 1.29 is 19.1 Å². The van der Waals surface area contributed by atoms with E-state index in [9.17, 15) is 14.4 Å². The van der Waals surface area contributed by atoms with E-state index in [-0.39, 0.29) is 41.0 Å². The molecule has 0 radical (unpaired) electrons. The fourth-order valence-electron chi connectivity index (χ4n) is 7.25. The Balaban J connectivity index is 1.38. The van der Waals surface area contributed by atoms with Crippen LogP contribution in [0.2, 0.25) is 0 Å². The molecule has 2 unspecified atom stereocenters. The van der Waals surface area contributed by atoms with Gasteiger partial charge in [0.25, 0.3) is 5.91 Å². The third kappa shape index (κ3) is 5.00. The Hall–Kier alpha value is -2.88. The summed E-state index contributed by atoms with van der Waals surface area (Å²) in [5.41, 5.74) is 5.42. The number of primary amides is 1. The first-order valence-electron chi connectivity index (χ1n) is 13.6. The lowest BCUT2D eigenvalue weighted by Gasteiger charge is -2.58. The number of anilines is 1. The summed E-state index contributed by atoms with van der Waals surface area (Å²) in [5.74, 6) is 1.50. The number of aromatic nitrogens is 2. The minimum Gasteiger partial charge on any atom is -0.378 e. The quantitative estimate of drug-likeness (QED) is 0.488. The summed E-state index contributed by atoms with van der Waals surface area (Å²) in [6, 6.07) is 0.0520. The Morgan fingerprint density at radius 1 is 1.19 bits per heavy atom. The average Bonchev–Trinajstić information content (AvgIpc) is 3.29. The lowest BCUT2D eigenvalue weighted by atomic mass is 9.47. The number of carbonyl (C=O) groups excluding carboxylic acids is 3. The monoisotopic (exact) mass is 512 g/mol. The second-order valence-electron chi connectivity index (χ2n) is 12.0. The lowest BCUT2D eigenvalue weighted by molar-refractivity contribution is -0.145. The minimum absolute atomic E-state index is 0.0302. The Bertz CT molecular complexity index is 1070. The Morgan fingerprint density at radius 2 is 1.86 bits per heavy atom. The lowest BCUT2D eigenvalue weighted by Crippen LogP contribution is -2.62. The molecule has 37 heavy (non-hydrogen) atoms. The summed E-state index contributed by atoms with van der Waals surface area (Å²) in [7, 11) is 0. The van der Waals surface area contributed by atoms with E-state index in [1.807, 2.05) is 33.0 Å². The van der Waals surface area contributed by atoms with Crippen molar-refractivity contribution >= 4 is 29.7 Å². The topological polar surface area (TPSA) is 132 Å². The molecule has 10 heteroatoms. The smallest absolute Gasteiger partial charge is 0.256 e. The van der Waals surface area contributed by atoms with Crippen LogP contribution in [0.5, 0.6) is 0 Å². The summed E-state index contributed by atoms with van der Waals surface area (Å²) >= 11 is 0. The molecule has 5 aliphatic rings. The predicted octanol–water partition coefficient (Wildman–Crippen LogP) is 1.91. The van der Waals surface area contributed by atoms with Gasteiger partial charge in [-0.3, -0.25) is 14.4 Å². The van der Waals surface area contributed by atoms with Crippen molar-refractivity contribution in [2.45, 2.75) is 70.9 Å². The van der Waals surface area contributed by atoms with Crippen molar-refractivity contribution in [1.82, 2.24) is 20.4 Å². The number of rotatable bonds is 8. The fraction of sp³-hybridized carbons (Fsp3) is 0.704. The van der Waals surface area contributed by atoms with E-state index in [1.165, 1.54) is 0 Å². The summed E-state index contributed by atoms with van der Waals surface area (Å²) in [6.07, 6.45) is 10.3. The molecule has 0 spiro atoms. The average molecular weight is 513 g/mol. The zero-order valence-corrected chi connectivity index (χ0v) is 22.2. The van der Waals surface area contributed by atoms with E-state index in [2.05, 4.69) is 20.6 Å². The Morgan fingerprint density at radius 3 is 2.49 bits per heavy atom. The number of nitrogens with one attached hydrogen (secondary N) is 2. The van der Waals surface area contributed by atoms with Crippen LogP contribution in [0, 0.1) is 23.2 Å². The Labute approximate surface area is 218 Å². The van der Waals surface area contributed by atoms with Gasteiger partial charge < -0.3 is 26.0 Å². The first kappa shape index (κ1) is 25.8. The molecule has 4 aliphatic carbocycles. The maximum atomic E-state index is 13.7. The highest BCUT2D eigenvalue weighted by Crippen LogP contribution is 2.60. The standard InChI is InChI=1S/C27H40N6O4/c1-4-21(34)31-26(2,3)5-6-33-24(32-7-9-37-10-8-32)20(16-29-33)23(35)30-22-18-11-17-12-19(22)15-27(13-17,14-18)25(28)36/h5-6,16-19,22H,4,7-15H2,1-3H3,(H2,28,36)(H,30,35)(H,31,34). The van der Waals surface area contributed by atoms with Crippen LogP contribution in [0.25, 0.3) is 6.20 Å². The number of hydrogen-bond acceptors (Lipinski definition) is 6. The van der Waals surface area contributed by atoms with Crippen LogP contribution in [0.1, 0.15) is 69.7 Å². The van der Waals surface area contributed by atoms with Crippen molar-refractivity contribution in [3.05, 3.63) is 17.8 Å². The summed E-state index contributed by atoms with van der Waals surface area (Å²) < 4.78 is 7.27. The molecule has 2 atom stereocenters. The first-order chi connectivity index (χ1) is 17.6. The molecule has 0 aromatic carbocycles. The SMILES string of the molecule is CCC(=O)NC(C)(C)C=Cn1ncc(C(=O)NC2C3CC4CC2CC(C(N)=O)(C4)C3)c1N1CCOCC1. The van der Waals surface area contributed by atoms with Crippen LogP contribution in [-0.2, 0) is 14.3 Å². The molecular weight excluding hydrogens is 472 g/mol. The molecule has 4 bridgehead atoms. The van der Waals surface area contributed by atoms with Crippen LogP contribution in [-0.4, -0.2) is 65.4 Å². The number of nitrogens with zero attached hydrogens (tertiary/aromatic N) is 3. The first-order valence-corrected chi connectivity index (χ1v) is 13.6. The number of ether oxygens (including phenoxy) is 1. The van der Waals surface area contributed by atoms with Gasteiger partial charge in [0.1, 0.15) is 11.4 Å². The number of hydrogen-bond donors (Lipinski definition) is 3. The van der Waals surface area contributed by atoms with Gasteiger partial charge >= 0.3 is 0 Å². The van der Waals surface area contributed by atoms with Gasteiger partial charge in [0.2, 0.25) is 11.8 Å². The van der Waals surface area contributed by atoms with Crippen LogP contribution < -0.4 is 21.3 Å². The van der Waals surface area contributed by atoms with E-state index < -0.39 is 5.54 Å². The predicted molar refractivity (Wildman–Crippen MR) is 140 cm³/mol. The van der Waals surface area contributed by atoms with Crippen LogP contribution >= 0.6 is 0 Å². The van der Waals surface area contributed by atoms with Crippen molar-refractivity contribution in [2.24, 2.45) is 28.9 Å². The second kappa shape index (κ2) is 9.78. The van der Waals surface area contributed by atoms with Gasteiger partial charge in [-0.1, -0.05) is 6.92 Å². The molecule has 1 aliphatic heterocycles. The molecule has 6 rings (SSSR count). The fourth-order valence-corrected chi connectivity index (χ4v) is 7.25. The van der Waals surface area contributed by atoms with Gasteiger partial charge in [-0.25, -0.2) is 4.68 Å². The van der Waals surface area contributed by atoms with Gasteiger partial charge in [-0.15, -0.1) is 0 Å². The van der Waals surface area contributed by atoms with E-state index in [1.54, 1.807) is 10.9 Å². The van der Waals surface area contributed by atoms with Crippen molar-refractivity contribution in [1.29, 1.82) is 0 Å². The highest BCUT2D eigenvalue weighted by Gasteiger charge is 2.58. The van der Waals surface area contributed by atoms with E-state index in [0.717, 1.165) is 37.9 Å². The zero-order chi connectivity index (χ0) is 26.4. The number of nitrogens with two attached hydrogens (primary N) is 1. The zero-order valence-electron chi connectivity index (χ0n) is 22.2. The number of morpholine rings is 1. The van der Waals surface area contributed by atoms with E-state index in [0.29, 0.717) is 44.2 Å². The van der Waals surface area contributed by atoms with Gasteiger partial charge in [0, 0.05) is 37.2 Å². The molecule has 10 nitrogen and oxygen atoms in total. The third-order valence-electron chi connectivity index (χ3n) is 8.83. The molecule has 4 saturated carbocycles. The van der Waals surface area contributed by atoms with E-state index in [4.69, 9.17) is 10.5 Å². The van der Waals surface area contributed by atoms with Crippen LogP contribution in [0.4, 0.5) is 5.82 Å². The van der Waals surface area contributed by atoms with Crippen LogP contribution in [0.15, 0.2) is 12.3 Å². The molecule has 202 valence electrons. The second-order valence-corrected chi connectivity index (χ2v) is 12.0. The summed E-state index contributed by atoms with van der Waals surface area (Å²) in [6.45, 7) is 8.15. The molecule has 1 aromatic heterocycles. The highest BCUT2D eigenvalue weighted by atomic mass is 16.5. The van der Waals surface area contributed by atoms with Crippen LogP contribution in [0.3, 0.4) is 0 Å². The maximum absolute atomic E-state index is 13.7. The van der Waals surface area contributed by atoms with Gasteiger partial charge in [0.15, 0.2) is 0 Å². The molecule has 1 aromatic rings. The largest absolute Gasteiger partial charge is 0.378 e. The Kier molecular flexibility index (Phi) is 6.81. The third-order valence-corrected chi connectivity index (χ3v) is 8.83. The van der Waals surface area contributed by atoms with Crippen molar-refractivity contribution in [2.75, 3.05) is 31.2 Å². The minimum atomic E-state index is -0.569. The molecular formula is C27H40N6O4. The summed E-state index contributed by atoms with van der Waals surface area (Å²) in [5, 5.41) is 10.9.